The number of ketones is 1. The van der Waals surface area contributed by atoms with Crippen LogP contribution >= 0.6 is 15.9 Å². The van der Waals surface area contributed by atoms with Crippen LogP contribution in [0.5, 0.6) is 0 Å². The summed E-state index contributed by atoms with van der Waals surface area (Å²) in [5.41, 5.74) is -1.69. The quantitative estimate of drug-likeness (QED) is 0.564. The van der Waals surface area contributed by atoms with Crippen LogP contribution in [0, 0.1) is 11.2 Å². The SMILES string of the molecule is CC(C)(C)C(=O)C(Br)Cc1cc(C(F)(F)F)ccc1F. The molecule has 20 heavy (non-hydrogen) atoms. The van der Waals surface area contributed by atoms with Gasteiger partial charge in [-0.2, -0.15) is 13.2 Å². The van der Waals surface area contributed by atoms with Crippen molar-refractivity contribution in [1.29, 1.82) is 0 Å². The first kappa shape index (κ1) is 17.1. The third-order valence-electron chi connectivity index (χ3n) is 2.80. The van der Waals surface area contributed by atoms with E-state index in [2.05, 4.69) is 15.9 Å². The van der Waals surface area contributed by atoms with Crippen LogP contribution in [-0.2, 0) is 17.4 Å². The van der Waals surface area contributed by atoms with E-state index < -0.39 is 27.8 Å². The molecule has 0 saturated heterocycles. The molecular weight excluding hydrogens is 340 g/mol. The Morgan fingerprint density at radius 1 is 1.25 bits per heavy atom. The van der Waals surface area contributed by atoms with Crippen molar-refractivity contribution in [3.63, 3.8) is 0 Å². The molecule has 1 unspecified atom stereocenters. The predicted octanol–water partition coefficient (Wildman–Crippen LogP) is 4.77. The Labute approximate surface area is 123 Å². The smallest absolute Gasteiger partial charge is 0.298 e. The predicted molar refractivity (Wildman–Crippen MR) is 72.3 cm³/mol. The molecule has 0 fully saturated rings. The Balaban J connectivity index is 3.01. The highest BCUT2D eigenvalue weighted by molar-refractivity contribution is 9.10. The number of alkyl halides is 4. The highest BCUT2D eigenvalue weighted by Crippen LogP contribution is 2.31. The van der Waals surface area contributed by atoms with E-state index >= 15 is 0 Å². The number of rotatable bonds is 3. The zero-order valence-corrected chi connectivity index (χ0v) is 12.9. The molecule has 1 aromatic rings. The zero-order chi connectivity index (χ0) is 15.7. The summed E-state index contributed by atoms with van der Waals surface area (Å²) in [5, 5.41) is 0. The fourth-order valence-electron chi connectivity index (χ4n) is 1.66. The lowest BCUT2D eigenvalue weighted by Gasteiger charge is -2.21. The highest BCUT2D eigenvalue weighted by Gasteiger charge is 2.32. The maximum atomic E-state index is 13.6. The highest BCUT2D eigenvalue weighted by atomic mass is 79.9. The summed E-state index contributed by atoms with van der Waals surface area (Å²) in [6.45, 7) is 5.10. The molecule has 1 atom stereocenters. The van der Waals surface area contributed by atoms with Crippen LogP contribution in [0.2, 0.25) is 0 Å². The van der Waals surface area contributed by atoms with Crippen molar-refractivity contribution in [2.45, 2.75) is 38.2 Å². The summed E-state index contributed by atoms with van der Waals surface area (Å²) in [5.74, 6) is -0.932. The zero-order valence-electron chi connectivity index (χ0n) is 11.3. The number of carbonyl (C=O) groups is 1. The third-order valence-corrected chi connectivity index (χ3v) is 3.54. The van der Waals surface area contributed by atoms with E-state index in [0.717, 1.165) is 12.1 Å². The van der Waals surface area contributed by atoms with E-state index in [1.165, 1.54) is 0 Å². The van der Waals surface area contributed by atoms with Gasteiger partial charge in [0.1, 0.15) is 5.82 Å². The Morgan fingerprint density at radius 2 is 1.80 bits per heavy atom. The molecule has 0 amide bonds. The molecule has 0 heterocycles. The maximum Gasteiger partial charge on any atom is 0.416 e. The molecule has 0 aliphatic rings. The van der Waals surface area contributed by atoms with Crippen LogP contribution in [0.3, 0.4) is 0 Å². The van der Waals surface area contributed by atoms with E-state index in [-0.39, 0.29) is 17.8 Å². The lowest BCUT2D eigenvalue weighted by atomic mass is 9.87. The largest absolute Gasteiger partial charge is 0.416 e. The Morgan fingerprint density at radius 3 is 2.25 bits per heavy atom. The monoisotopic (exact) mass is 354 g/mol. The van der Waals surface area contributed by atoms with E-state index in [0.29, 0.717) is 6.07 Å². The molecule has 0 aliphatic heterocycles. The Hall–Kier alpha value is -0.910. The summed E-state index contributed by atoms with van der Waals surface area (Å²) in [7, 11) is 0. The van der Waals surface area contributed by atoms with Gasteiger partial charge in [0.2, 0.25) is 0 Å². The second kappa shape index (κ2) is 5.84. The van der Waals surface area contributed by atoms with Gasteiger partial charge in [0.15, 0.2) is 5.78 Å². The summed E-state index contributed by atoms with van der Waals surface area (Å²) in [4.78, 5) is 11.2. The Kier molecular flexibility index (Phi) is 5.00. The molecular formula is C14H15BrF4O. The molecule has 0 saturated carbocycles. The van der Waals surface area contributed by atoms with Gasteiger partial charge >= 0.3 is 6.18 Å². The van der Waals surface area contributed by atoms with E-state index in [1.807, 2.05) is 0 Å². The molecule has 0 bridgehead atoms. The van der Waals surface area contributed by atoms with Gasteiger partial charge in [-0.05, 0) is 30.2 Å². The first-order valence-corrected chi connectivity index (χ1v) is 6.88. The van der Waals surface area contributed by atoms with Crippen molar-refractivity contribution < 1.29 is 22.4 Å². The lowest BCUT2D eigenvalue weighted by molar-refractivity contribution is -0.137. The second-order valence-corrected chi connectivity index (χ2v) is 6.70. The number of Topliss-reactive ketones (excluding diaryl/α,β-unsaturated/α-hetero) is 1. The molecule has 112 valence electrons. The van der Waals surface area contributed by atoms with Crippen LogP contribution in [0.1, 0.15) is 31.9 Å². The topological polar surface area (TPSA) is 17.1 Å². The van der Waals surface area contributed by atoms with Crippen molar-refractivity contribution >= 4 is 21.7 Å². The van der Waals surface area contributed by atoms with E-state index in [9.17, 15) is 22.4 Å². The molecule has 0 radical (unpaired) electrons. The lowest BCUT2D eigenvalue weighted by Crippen LogP contribution is -2.30. The van der Waals surface area contributed by atoms with E-state index in [4.69, 9.17) is 0 Å². The first-order valence-electron chi connectivity index (χ1n) is 5.97. The summed E-state index contributed by atoms with van der Waals surface area (Å²) >= 11 is 3.13. The van der Waals surface area contributed by atoms with Gasteiger partial charge in [0.05, 0.1) is 10.4 Å². The average Bonchev–Trinajstić information content (AvgIpc) is 2.28. The molecule has 0 aliphatic carbocycles. The van der Waals surface area contributed by atoms with Gasteiger partial charge in [0.25, 0.3) is 0 Å². The molecule has 6 heteroatoms. The summed E-state index contributed by atoms with van der Waals surface area (Å²) in [6.07, 6.45) is -4.65. The van der Waals surface area contributed by atoms with Gasteiger partial charge in [-0.15, -0.1) is 0 Å². The van der Waals surface area contributed by atoms with Crippen molar-refractivity contribution in [1.82, 2.24) is 0 Å². The van der Waals surface area contributed by atoms with Crippen LogP contribution in [0.15, 0.2) is 18.2 Å². The van der Waals surface area contributed by atoms with Gasteiger partial charge in [0, 0.05) is 5.41 Å². The Bertz CT molecular complexity index is 503. The van der Waals surface area contributed by atoms with Crippen LogP contribution in [0.4, 0.5) is 17.6 Å². The van der Waals surface area contributed by atoms with Crippen molar-refractivity contribution in [2.24, 2.45) is 5.41 Å². The van der Waals surface area contributed by atoms with Crippen molar-refractivity contribution in [3.05, 3.63) is 35.1 Å². The first-order chi connectivity index (χ1) is 8.93. The molecule has 1 rings (SSSR count). The number of benzene rings is 1. The molecule has 0 aromatic heterocycles. The number of carbonyl (C=O) groups excluding carboxylic acids is 1. The maximum absolute atomic E-state index is 13.6. The van der Waals surface area contributed by atoms with Crippen LogP contribution < -0.4 is 0 Å². The van der Waals surface area contributed by atoms with Gasteiger partial charge in [-0.25, -0.2) is 4.39 Å². The fourth-order valence-corrected chi connectivity index (χ4v) is 2.70. The van der Waals surface area contributed by atoms with Crippen LogP contribution in [-0.4, -0.2) is 10.6 Å². The minimum absolute atomic E-state index is 0.119. The fraction of sp³-hybridized carbons (Fsp3) is 0.500. The van der Waals surface area contributed by atoms with Gasteiger partial charge in [-0.3, -0.25) is 4.79 Å². The summed E-state index contributed by atoms with van der Waals surface area (Å²) in [6, 6.07) is 2.21. The minimum Gasteiger partial charge on any atom is -0.298 e. The standard InChI is InChI=1S/C14H15BrF4O/c1-13(2,3)12(20)10(15)7-8-6-9(14(17,18)19)4-5-11(8)16/h4-6,10H,7H2,1-3H3. The molecule has 1 nitrogen and oxygen atoms in total. The normalized spacial score (nSPS) is 14.2. The number of halogens is 5. The van der Waals surface area contributed by atoms with Gasteiger partial charge in [-0.1, -0.05) is 36.7 Å². The van der Waals surface area contributed by atoms with Crippen molar-refractivity contribution in [3.8, 4) is 0 Å². The number of hydrogen-bond acceptors (Lipinski definition) is 1. The molecule has 0 spiro atoms. The second-order valence-electron chi connectivity index (χ2n) is 5.59. The van der Waals surface area contributed by atoms with Crippen LogP contribution in [0.25, 0.3) is 0 Å². The molecule has 0 N–H and O–H groups in total. The third kappa shape index (κ3) is 4.30. The molecule has 1 aromatic carbocycles. The van der Waals surface area contributed by atoms with E-state index in [1.54, 1.807) is 20.8 Å². The van der Waals surface area contributed by atoms with Gasteiger partial charge < -0.3 is 0 Å². The average molecular weight is 355 g/mol. The summed E-state index contributed by atoms with van der Waals surface area (Å²) < 4.78 is 51.3. The minimum atomic E-state index is -4.53. The number of hydrogen-bond donors (Lipinski definition) is 0. The van der Waals surface area contributed by atoms with Crippen molar-refractivity contribution in [2.75, 3.05) is 0 Å².